The van der Waals surface area contributed by atoms with E-state index in [1.54, 1.807) is 0 Å². The van der Waals surface area contributed by atoms with Gasteiger partial charge in [-0.05, 0) is 26.0 Å². The average molecular weight is 289 g/mol. The van der Waals surface area contributed by atoms with Crippen LogP contribution in [0.4, 0.5) is 5.69 Å². The first-order valence-corrected chi connectivity index (χ1v) is 7.45. The lowest BCUT2D eigenvalue weighted by Crippen LogP contribution is -2.47. The van der Waals surface area contributed by atoms with Crippen molar-refractivity contribution >= 4 is 5.69 Å². The van der Waals surface area contributed by atoms with Crippen LogP contribution in [0.25, 0.3) is 0 Å². The molecule has 0 bridgehead atoms. The van der Waals surface area contributed by atoms with Crippen molar-refractivity contribution in [3.05, 3.63) is 24.3 Å². The molecule has 114 valence electrons. The van der Waals surface area contributed by atoms with Crippen molar-refractivity contribution in [3.63, 3.8) is 0 Å². The molecule has 0 aromatic heterocycles. The molecule has 1 aliphatic heterocycles. The SMILES string of the molecule is C#CCC1COc2ccccc2N1CC(OCC)OCC. The van der Waals surface area contributed by atoms with E-state index in [2.05, 4.69) is 10.8 Å². The van der Waals surface area contributed by atoms with Gasteiger partial charge in [0.05, 0.1) is 18.3 Å². The van der Waals surface area contributed by atoms with Gasteiger partial charge in [0, 0.05) is 19.6 Å². The molecule has 1 aromatic carbocycles. The van der Waals surface area contributed by atoms with Gasteiger partial charge in [-0.25, -0.2) is 0 Å². The highest BCUT2D eigenvalue weighted by Crippen LogP contribution is 2.34. The number of rotatable bonds is 7. The van der Waals surface area contributed by atoms with Crippen molar-refractivity contribution in [2.24, 2.45) is 0 Å². The maximum Gasteiger partial charge on any atom is 0.174 e. The molecule has 0 fully saturated rings. The van der Waals surface area contributed by atoms with Crippen LogP contribution >= 0.6 is 0 Å². The van der Waals surface area contributed by atoms with Crippen molar-refractivity contribution in [3.8, 4) is 18.1 Å². The largest absolute Gasteiger partial charge is 0.489 e. The van der Waals surface area contributed by atoms with Crippen LogP contribution in [0.3, 0.4) is 0 Å². The van der Waals surface area contributed by atoms with Crippen LogP contribution in [0.15, 0.2) is 24.3 Å². The molecule has 1 aromatic rings. The molecule has 21 heavy (non-hydrogen) atoms. The molecule has 2 rings (SSSR count). The number of para-hydroxylation sites is 2. The van der Waals surface area contributed by atoms with E-state index in [4.69, 9.17) is 20.6 Å². The number of anilines is 1. The van der Waals surface area contributed by atoms with Gasteiger partial charge in [-0.15, -0.1) is 12.3 Å². The summed E-state index contributed by atoms with van der Waals surface area (Å²) in [6, 6.07) is 8.15. The fourth-order valence-corrected chi connectivity index (χ4v) is 2.53. The molecule has 0 saturated carbocycles. The lowest BCUT2D eigenvalue weighted by atomic mass is 10.1. The Morgan fingerprint density at radius 1 is 1.33 bits per heavy atom. The summed E-state index contributed by atoms with van der Waals surface area (Å²) in [5.74, 6) is 3.62. The predicted octanol–water partition coefficient (Wildman–Crippen LogP) is 2.68. The summed E-state index contributed by atoms with van der Waals surface area (Å²) in [5.41, 5.74) is 1.05. The van der Waals surface area contributed by atoms with Crippen LogP contribution in [0.1, 0.15) is 20.3 Å². The Morgan fingerprint density at radius 2 is 2.05 bits per heavy atom. The van der Waals surface area contributed by atoms with Crippen molar-refractivity contribution < 1.29 is 14.2 Å². The second-order valence-corrected chi connectivity index (χ2v) is 4.83. The highest BCUT2D eigenvalue weighted by molar-refractivity contribution is 5.60. The third-order valence-corrected chi connectivity index (χ3v) is 3.45. The van der Waals surface area contributed by atoms with Crippen molar-refractivity contribution in [2.75, 3.05) is 31.3 Å². The number of benzene rings is 1. The molecular formula is C17H23NO3. The number of hydrogen-bond acceptors (Lipinski definition) is 4. The van der Waals surface area contributed by atoms with E-state index >= 15 is 0 Å². The van der Waals surface area contributed by atoms with Gasteiger partial charge in [0.15, 0.2) is 6.29 Å². The Morgan fingerprint density at radius 3 is 2.71 bits per heavy atom. The summed E-state index contributed by atoms with van der Waals surface area (Å²) in [6.07, 6.45) is 5.88. The lowest BCUT2D eigenvalue weighted by Gasteiger charge is -2.39. The fourth-order valence-electron chi connectivity index (χ4n) is 2.53. The molecule has 4 heteroatoms. The zero-order chi connectivity index (χ0) is 15.1. The summed E-state index contributed by atoms with van der Waals surface area (Å²) < 4.78 is 17.1. The minimum absolute atomic E-state index is 0.147. The van der Waals surface area contributed by atoms with Crippen LogP contribution in [0, 0.1) is 12.3 Å². The smallest absolute Gasteiger partial charge is 0.174 e. The molecule has 0 amide bonds. The van der Waals surface area contributed by atoms with Gasteiger partial charge < -0.3 is 19.1 Å². The van der Waals surface area contributed by atoms with Gasteiger partial charge in [-0.2, -0.15) is 0 Å². The Kier molecular flexibility index (Phi) is 5.91. The van der Waals surface area contributed by atoms with Gasteiger partial charge in [-0.1, -0.05) is 12.1 Å². The molecule has 0 N–H and O–H groups in total. The van der Waals surface area contributed by atoms with E-state index in [9.17, 15) is 0 Å². The minimum Gasteiger partial charge on any atom is -0.489 e. The first-order valence-electron chi connectivity index (χ1n) is 7.45. The van der Waals surface area contributed by atoms with E-state index in [-0.39, 0.29) is 12.3 Å². The summed E-state index contributed by atoms with van der Waals surface area (Å²) in [6.45, 7) is 6.42. The molecule has 1 atom stereocenters. The summed E-state index contributed by atoms with van der Waals surface area (Å²) in [4.78, 5) is 2.24. The van der Waals surface area contributed by atoms with Crippen molar-refractivity contribution in [1.82, 2.24) is 0 Å². The van der Waals surface area contributed by atoms with Gasteiger partial charge in [-0.3, -0.25) is 0 Å². The Labute approximate surface area is 127 Å². The van der Waals surface area contributed by atoms with Gasteiger partial charge >= 0.3 is 0 Å². The second kappa shape index (κ2) is 7.92. The molecule has 0 spiro atoms. The highest BCUT2D eigenvalue weighted by Gasteiger charge is 2.29. The zero-order valence-electron chi connectivity index (χ0n) is 12.7. The van der Waals surface area contributed by atoms with E-state index < -0.39 is 0 Å². The standard InChI is InChI=1S/C17H23NO3/c1-4-9-14-13-21-16-11-8-7-10-15(16)18(14)12-17(19-5-2)20-6-3/h1,7-8,10-11,14,17H,5-6,9,12-13H2,2-3H3. The molecular weight excluding hydrogens is 266 g/mol. The molecule has 4 nitrogen and oxygen atoms in total. The molecule has 1 heterocycles. The summed E-state index contributed by atoms with van der Waals surface area (Å²) >= 11 is 0. The predicted molar refractivity (Wildman–Crippen MR) is 83.6 cm³/mol. The normalized spacial score (nSPS) is 17.2. The average Bonchev–Trinajstić information content (AvgIpc) is 2.50. The Hall–Kier alpha value is -1.70. The first kappa shape index (κ1) is 15.7. The van der Waals surface area contributed by atoms with Crippen LogP contribution in [-0.4, -0.2) is 38.7 Å². The maximum absolute atomic E-state index is 5.80. The number of hydrogen-bond donors (Lipinski definition) is 0. The fraction of sp³-hybridized carbons (Fsp3) is 0.529. The third-order valence-electron chi connectivity index (χ3n) is 3.45. The first-order chi connectivity index (χ1) is 10.3. The van der Waals surface area contributed by atoms with E-state index in [1.165, 1.54) is 0 Å². The molecule has 1 aliphatic rings. The second-order valence-electron chi connectivity index (χ2n) is 4.83. The van der Waals surface area contributed by atoms with Crippen LogP contribution in [-0.2, 0) is 9.47 Å². The number of fused-ring (bicyclic) bond motifs is 1. The Balaban J connectivity index is 2.20. The van der Waals surface area contributed by atoms with Gasteiger partial charge in [0.25, 0.3) is 0 Å². The summed E-state index contributed by atoms with van der Waals surface area (Å²) in [5, 5.41) is 0. The molecule has 0 radical (unpaired) electrons. The molecule has 0 saturated heterocycles. The molecule has 0 aliphatic carbocycles. The van der Waals surface area contributed by atoms with E-state index in [0.29, 0.717) is 32.8 Å². The molecule has 1 unspecified atom stereocenters. The lowest BCUT2D eigenvalue weighted by molar-refractivity contribution is -0.130. The van der Waals surface area contributed by atoms with Crippen LogP contribution in [0.5, 0.6) is 5.75 Å². The van der Waals surface area contributed by atoms with Crippen molar-refractivity contribution in [1.29, 1.82) is 0 Å². The maximum atomic E-state index is 5.80. The summed E-state index contributed by atoms with van der Waals surface area (Å²) in [7, 11) is 0. The van der Waals surface area contributed by atoms with Crippen LogP contribution in [0.2, 0.25) is 0 Å². The van der Waals surface area contributed by atoms with Gasteiger partial charge in [0.1, 0.15) is 12.4 Å². The van der Waals surface area contributed by atoms with Crippen molar-refractivity contribution in [2.45, 2.75) is 32.6 Å². The monoisotopic (exact) mass is 289 g/mol. The van der Waals surface area contributed by atoms with Gasteiger partial charge in [0.2, 0.25) is 0 Å². The number of ether oxygens (including phenoxy) is 3. The highest BCUT2D eigenvalue weighted by atomic mass is 16.7. The number of nitrogens with zero attached hydrogens (tertiary/aromatic N) is 1. The topological polar surface area (TPSA) is 30.9 Å². The Bertz CT molecular complexity index is 477. The minimum atomic E-state index is -0.258. The van der Waals surface area contributed by atoms with E-state index in [1.807, 2.05) is 38.1 Å². The third kappa shape index (κ3) is 3.90. The van der Waals surface area contributed by atoms with E-state index in [0.717, 1.165) is 11.4 Å². The number of terminal acetylenes is 1. The zero-order valence-corrected chi connectivity index (χ0v) is 12.7. The quantitative estimate of drug-likeness (QED) is 0.570. The van der Waals surface area contributed by atoms with Crippen LogP contribution < -0.4 is 9.64 Å².